The number of fused-ring (bicyclic) bond motifs is 1. The summed E-state index contributed by atoms with van der Waals surface area (Å²) in [5.41, 5.74) is 1.11. The van der Waals surface area contributed by atoms with Gasteiger partial charge in [-0.05, 0) is 24.3 Å². The van der Waals surface area contributed by atoms with E-state index in [1.807, 2.05) is 0 Å². The molecule has 28 heavy (non-hydrogen) atoms. The third-order valence-corrected chi connectivity index (χ3v) is 7.36. The van der Waals surface area contributed by atoms with Crippen LogP contribution < -0.4 is 5.32 Å². The van der Waals surface area contributed by atoms with Crippen molar-refractivity contribution in [3.63, 3.8) is 0 Å². The van der Waals surface area contributed by atoms with Crippen molar-refractivity contribution in [2.45, 2.75) is 17.9 Å². The Hall–Kier alpha value is -2.27. The van der Waals surface area contributed by atoms with Crippen molar-refractivity contribution >= 4 is 44.0 Å². The van der Waals surface area contributed by atoms with E-state index in [-0.39, 0.29) is 28.9 Å². The number of carbonyl (C=O) groups excluding carboxylic acids is 1. The molecule has 0 aliphatic carbocycles. The predicted molar refractivity (Wildman–Crippen MR) is 101 cm³/mol. The van der Waals surface area contributed by atoms with Crippen LogP contribution in [0.1, 0.15) is 20.9 Å². The smallest absolute Gasteiger partial charge is 0.260 e. The van der Waals surface area contributed by atoms with Crippen molar-refractivity contribution in [3.05, 3.63) is 63.8 Å². The third kappa shape index (κ3) is 3.55. The van der Waals surface area contributed by atoms with E-state index in [9.17, 15) is 17.6 Å². The highest BCUT2D eigenvalue weighted by Gasteiger charge is 2.31. The van der Waals surface area contributed by atoms with Gasteiger partial charge in [0, 0.05) is 17.8 Å². The Balaban J connectivity index is 1.54. The fraction of sp³-hybridized carbons (Fsp3) is 0.176. The van der Waals surface area contributed by atoms with E-state index in [1.165, 1.54) is 40.3 Å². The minimum atomic E-state index is -3.83. The number of rotatable bonds is 4. The lowest BCUT2D eigenvalue weighted by atomic mass is 10.2. The van der Waals surface area contributed by atoms with Gasteiger partial charge in [-0.3, -0.25) is 10.1 Å². The molecule has 0 bridgehead atoms. The normalized spacial score (nSPS) is 14.6. The summed E-state index contributed by atoms with van der Waals surface area (Å²) in [6.07, 6.45) is 3.12. The van der Waals surface area contributed by atoms with Crippen LogP contribution >= 0.6 is 22.9 Å². The van der Waals surface area contributed by atoms with Crippen molar-refractivity contribution in [3.8, 4) is 0 Å². The minimum Gasteiger partial charge on any atom is -0.472 e. The number of aromatic nitrogens is 1. The van der Waals surface area contributed by atoms with Crippen LogP contribution in [0.15, 0.2) is 46.1 Å². The molecular formula is C17H13ClFN3O4S2. The summed E-state index contributed by atoms with van der Waals surface area (Å²) < 4.78 is 45.2. The molecule has 1 N–H and O–H groups in total. The van der Waals surface area contributed by atoms with E-state index in [0.717, 1.165) is 22.7 Å². The van der Waals surface area contributed by atoms with Crippen LogP contribution in [-0.2, 0) is 23.0 Å². The standard InChI is InChI=1S/C17H13ClFN3O4S2/c18-12-7-11(1-2-13(12)19)28(24,25)22-5-3-14-15(8-22)27-17(20-14)21-16(23)10-4-6-26-9-10/h1-2,4,6-7,9H,3,5,8H2,(H,20,21,23). The Labute approximate surface area is 168 Å². The molecule has 146 valence electrons. The second-order valence-corrected chi connectivity index (χ2v) is 9.45. The third-order valence-electron chi connectivity index (χ3n) is 4.23. The number of nitrogens with one attached hydrogen (secondary N) is 1. The van der Waals surface area contributed by atoms with Crippen LogP contribution in [0.4, 0.5) is 9.52 Å². The van der Waals surface area contributed by atoms with Crippen molar-refractivity contribution < 1.29 is 22.0 Å². The highest BCUT2D eigenvalue weighted by Crippen LogP contribution is 2.32. The van der Waals surface area contributed by atoms with Crippen LogP contribution in [0, 0.1) is 5.82 Å². The summed E-state index contributed by atoms with van der Waals surface area (Å²) in [7, 11) is -3.83. The molecule has 0 saturated heterocycles. The van der Waals surface area contributed by atoms with Gasteiger partial charge in [0.2, 0.25) is 10.0 Å². The zero-order valence-corrected chi connectivity index (χ0v) is 16.6. The van der Waals surface area contributed by atoms with Crippen molar-refractivity contribution in [1.82, 2.24) is 9.29 Å². The van der Waals surface area contributed by atoms with E-state index >= 15 is 0 Å². The van der Waals surface area contributed by atoms with Gasteiger partial charge in [0.15, 0.2) is 5.13 Å². The van der Waals surface area contributed by atoms with Gasteiger partial charge in [0.1, 0.15) is 12.1 Å². The van der Waals surface area contributed by atoms with Crippen molar-refractivity contribution in [2.24, 2.45) is 0 Å². The van der Waals surface area contributed by atoms with Gasteiger partial charge >= 0.3 is 0 Å². The number of furan rings is 1. The van der Waals surface area contributed by atoms with E-state index in [1.54, 1.807) is 0 Å². The van der Waals surface area contributed by atoms with Crippen LogP contribution in [0.3, 0.4) is 0 Å². The second-order valence-electron chi connectivity index (χ2n) is 6.02. The summed E-state index contributed by atoms with van der Waals surface area (Å²) in [5, 5.41) is 2.82. The van der Waals surface area contributed by atoms with Crippen molar-refractivity contribution in [2.75, 3.05) is 11.9 Å². The number of amides is 1. The summed E-state index contributed by atoms with van der Waals surface area (Å²) in [5.74, 6) is -1.03. The Bertz CT molecular complexity index is 1150. The Morgan fingerprint density at radius 1 is 1.36 bits per heavy atom. The van der Waals surface area contributed by atoms with Crippen LogP contribution in [-0.4, -0.2) is 30.2 Å². The number of benzene rings is 1. The Kier molecular flexibility index (Phi) is 4.96. The quantitative estimate of drug-likeness (QED) is 0.668. The molecule has 0 fully saturated rings. The van der Waals surface area contributed by atoms with E-state index in [4.69, 9.17) is 16.0 Å². The lowest BCUT2D eigenvalue weighted by molar-refractivity contribution is 0.102. The van der Waals surface area contributed by atoms with Gasteiger partial charge in [-0.1, -0.05) is 11.6 Å². The van der Waals surface area contributed by atoms with Gasteiger partial charge in [-0.2, -0.15) is 4.31 Å². The SMILES string of the molecule is O=C(Nc1nc2c(s1)CN(S(=O)(=O)c1ccc(F)c(Cl)c1)CC2)c1ccoc1. The number of anilines is 1. The van der Waals surface area contributed by atoms with E-state index in [0.29, 0.717) is 17.1 Å². The maximum Gasteiger partial charge on any atom is 0.260 e. The first-order valence-corrected chi connectivity index (χ1v) is 10.8. The van der Waals surface area contributed by atoms with Crippen LogP contribution in [0.2, 0.25) is 5.02 Å². The fourth-order valence-electron chi connectivity index (χ4n) is 2.78. The maximum atomic E-state index is 13.3. The molecule has 1 aromatic carbocycles. The molecule has 3 heterocycles. The number of sulfonamides is 1. The molecule has 4 rings (SSSR count). The molecule has 0 atom stereocenters. The Morgan fingerprint density at radius 2 is 2.18 bits per heavy atom. The minimum absolute atomic E-state index is 0.0691. The molecule has 7 nitrogen and oxygen atoms in total. The molecule has 3 aromatic rings. The van der Waals surface area contributed by atoms with Gasteiger partial charge in [-0.15, -0.1) is 11.3 Å². The molecule has 1 aliphatic rings. The number of halogens is 2. The first kappa shape index (κ1) is 19.1. The zero-order chi connectivity index (χ0) is 19.9. The summed E-state index contributed by atoms with van der Waals surface area (Å²) in [4.78, 5) is 17.2. The molecular weight excluding hydrogens is 429 g/mol. The zero-order valence-electron chi connectivity index (χ0n) is 14.2. The highest BCUT2D eigenvalue weighted by atomic mass is 35.5. The van der Waals surface area contributed by atoms with E-state index in [2.05, 4.69) is 10.3 Å². The number of thiazole rings is 1. The first-order valence-electron chi connectivity index (χ1n) is 8.12. The van der Waals surface area contributed by atoms with Gasteiger partial charge in [-0.25, -0.2) is 17.8 Å². The number of hydrogen-bond donors (Lipinski definition) is 1. The predicted octanol–water partition coefficient (Wildman–Crippen LogP) is 3.53. The average Bonchev–Trinajstić information content (AvgIpc) is 3.32. The lowest BCUT2D eigenvalue weighted by Crippen LogP contribution is -2.35. The fourth-order valence-corrected chi connectivity index (χ4v) is 5.56. The molecule has 0 saturated carbocycles. The first-order chi connectivity index (χ1) is 13.3. The molecule has 0 unspecified atom stereocenters. The molecule has 0 radical (unpaired) electrons. The largest absolute Gasteiger partial charge is 0.472 e. The van der Waals surface area contributed by atoms with Gasteiger partial charge < -0.3 is 4.42 Å². The molecule has 1 aliphatic heterocycles. The van der Waals surface area contributed by atoms with E-state index < -0.39 is 15.8 Å². The Morgan fingerprint density at radius 3 is 2.89 bits per heavy atom. The lowest BCUT2D eigenvalue weighted by Gasteiger charge is -2.25. The summed E-state index contributed by atoms with van der Waals surface area (Å²) >= 11 is 6.94. The average molecular weight is 442 g/mol. The molecule has 0 spiro atoms. The second kappa shape index (κ2) is 7.28. The highest BCUT2D eigenvalue weighted by molar-refractivity contribution is 7.89. The molecule has 1 amide bonds. The number of carbonyl (C=O) groups is 1. The van der Waals surface area contributed by atoms with Gasteiger partial charge in [0.25, 0.3) is 5.91 Å². The van der Waals surface area contributed by atoms with Crippen LogP contribution in [0.5, 0.6) is 0 Å². The molecule has 2 aromatic heterocycles. The summed E-state index contributed by atoms with van der Waals surface area (Å²) in [6.45, 7) is 0.342. The van der Waals surface area contributed by atoms with Crippen LogP contribution in [0.25, 0.3) is 0 Å². The molecule has 11 heteroatoms. The monoisotopic (exact) mass is 441 g/mol. The number of nitrogens with zero attached hydrogens (tertiary/aromatic N) is 2. The summed E-state index contributed by atoms with van der Waals surface area (Å²) in [6, 6.07) is 4.85. The number of hydrogen-bond acceptors (Lipinski definition) is 6. The topological polar surface area (TPSA) is 92.5 Å². The van der Waals surface area contributed by atoms with Crippen molar-refractivity contribution in [1.29, 1.82) is 0 Å². The van der Waals surface area contributed by atoms with Gasteiger partial charge in [0.05, 0.1) is 34.0 Å². The maximum absolute atomic E-state index is 13.3.